The highest BCUT2D eigenvalue weighted by Gasteiger charge is 2.28. The molecular formula is C20H33N. The SMILES string of the molecule is CCCNC(c1ccc(C)cc1C)C1CCC(CC)CC1. The number of nitrogens with one attached hydrogen (secondary N) is 1. The minimum atomic E-state index is 0.559. The van der Waals surface area contributed by atoms with Crippen molar-refractivity contribution >= 4 is 0 Å². The molecule has 0 radical (unpaired) electrons. The van der Waals surface area contributed by atoms with Gasteiger partial charge in [0.15, 0.2) is 0 Å². The van der Waals surface area contributed by atoms with Gasteiger partial charge >= 0.3 is 0 Å². The molecule has 1 aromatic rings. The van der Waals surface area contributed by atoms with Crippen LogP contribution in [-0.2, 0) is 0 Å². The smallest absolute Gasteiger partial charge is 0.0351 e. The minimum Gasteiger partial charge on any atom is -0.310 e. The van der Waals surface area contributed by atoms with E-state index in [0.29, 0.717) is 6.04 Å². The van der Waals surface area contributed by atoms with Crippen LogP contribution in [0.1, 0.15) is 75.1 Å². The Kier molecular flexibility index (Phi) is 6.29. The van der Waals surface area contributed by atoms with Crippen molar-refractivity contribution in [3.05, 3.63) is 34.9 Å². The van der Waals surface area contributed by atoms with E-state index in [9.17, 15) is 0 Å². The Morgan fingerprint density at radius 2 is 1.81 bits per heavy atom. The number of hydrogen-bond donors (Lipinski definition) is 1. The third-order valence-electron chi connectivity index (χ3n) is 5.31. The predicted molar refractivity (Wildman–Crippen MR) is 92.7 cm³/mol. The Balaban J connectivity index is 2.14. The number of aryl methyl sites for hydroxylation is 2. The Labute approximate surface area is 131 Å². The van der Waals surface area contributed by atoms with E-state index in [4.69, 9.17) is 0 Å². The van der Waals surface area contributed by atoms with Crippen molar-refractivity contribution in [2.24, 2.45) is 11.8 Å². The number of rotatable bonds is 6. The second-order valence-electron chi connectivity index (χ2n) is 6.98. The fraction of sp³-hybridized carbons (Fsp3) is 0.700. The zero-order valence-electron chi connectivity index (χ0n) is 14.4. The molecule has 0 amide bonds. The van der Waals surface area contributed by atoms with Crippen molar-refractivity contribution in [3.63, 3.8) is 0 Å². The molecular weight excluding hydrogens is 254 g/mol. The highest BCUT2D eigenvalue weighted by molar-refractivity contribution is 5.33. The van der Waals surface area contributed by atoms with E-state index >= 15 is 0 Å². The summed E-state index contributed by atoms with van der Waals surface area (Å²) in [5, 5.41) is 3.85. The summed E-state index contributed by atoms with van der Waals surface area (Å²) in [5.41, 5.74) is 4.37. The second-order valence-corrected chi connectivity index (χ2v) is 6.98. The standard InChI is InChI=1S/C20H33N/c1-5-13-21-20(18-10-8-17(6-2)9-11-18)19-12-7-15(3)14-16(19)4/h7,12,14,17-18,20-21H,5-6,8-11,13H2,1-4H3. The molecule has 0 heterocycles. The minimum absolute atomic E-state index is 0.559. The highest BCUT2D eigenvalue weighted by atomic mass is 14.9. The number of benzene rings is 1. The molecule has 0 spiro atoms. The Bertz CT molecular complexity index is 429. The molecule has 21 heavy (non-hydrogen) atoms. The van der Waals surface area contributed by atoms with Gasteiger partial charge in [-0.2, -0.15) is 0 Å². The van der Waals surface area contributed by atoms with Crippen LogP contribution in [-0.4, -0.2) is 6.54 Å². The molecule has 1 fully saturated rings. The first kappa shape index (κ1) is 16.5. The zero-order chi connectivity index (χ0) is 15.2. The normalized spacial score (nSPS) is 24.0. The van der Waals surface area contributed by atoms with Gasteiger partial charge in [-0.15, -0.1) is 0 Å². The first-order valence-corrected chi connectivity index (χ1v) is 8.96. The molecule has 1 unspecified atom stereocenters. The lowest BCUT2D eigenvalue weighted by Gasteiger charge is -2.35. The summed E-state index contributed by atoms with van der Waals surface area (Å²) in [5.74, 6) is 1.80. The molecule has 0 bridgehead atoms. The lowest BCUT2D eigenvalue weighted by molar-refractivity contribution is 0.218. The molecule has 1 heteroatoms. The van der Waals surface area contributed by atoms with Crippen molar-refractivity contribution in [1.29, 1.82) is 0 Å². The van der Waals surface area contributed by atoms with Gasteiger partial charge in [-0.25, -0.2) is 0 Å². The molecule has 1 atom stereocenters. The summed E-state index contributed by atoms with van der Waals surface area (Å²) in [6, 6.07) is 7.54. The molecule has 1 nitrogen and oxygen atoms in total. The fourth-order valence-electron chi connectivity index (χ4n) is 3.93. The Morgan fingerprint density at radius 1 is 1.10 bits per heavy atom. The van der Waals surface area contributed by atoms with E-state index in [1.807, 2.05) is 0 Å². The zero-order valence-corrected chi connectivity index (χ0v) is 14.4. The maximum absolute atomic E-state index is 3.85. The van der Waals surface area contributed by atoms with Crippen LogP contribution in [0.15, 0.2) is 18.2 Å². The maximum atomic E-state index is 3.85. The molecule has 1 aromatic carbocycles. The van der Waals surface area contributed by atoms with E-state index in [0.717, 1.165) is 18.4 Å². The van der Waals surface area contributed by atoms with Crippen molar-refractivity contribution in [3.8, 4) is 0 Å². The quantitative estimate of drug-likeness (QED) is 0.722. The van der Waals surface area contributed by atoms with Gasteiger partial charge in [0.1, 0.15) is 0 Å². The van der Waals surface area contributed by atoms with Crippen LogP contribution in [0.3, 0.4) is 0 Å². The van der Waals surface area contributed by atoms with Gasteiger partial charge < -0.3 is 5.32 Å². The van der Waals surface area contributed by atoms with Crippen LogP contribution in [0.4, 0.5) is 0 Å². The van der Waals surface area contributed by atoms with Crippen LogP contribution >= 0.6 is 0 Å². The van der Waals surface area contributed by atoms with Crippen molar-refractivity contribution in [1.82, 2.24) is 5.32 Å². The monoisotopic (exact) mass is 287 g/mol. The summed E-state index contributed by atoms with van der Waals surface area (Å²) in [6.07, 6.45) is 8.22. The molecule has 2 rings (SSSR count). The molecule has 118 valence electrons. The van der Waals surface area contributed by atoms with Gasteiger partial charge in [0.05, 0.1) is 0 Å². The highest BCUT2D eigenvalue weighted by Crippen LogP contribution is 2.38. The van der Waals surface area contributed by atoms with E-state index < -0.39 is 0 Å². The molecule has 1 aliphatic rings. The average molecular weight is 287 g/mol. The third kappa shape index (κ3) is 4.32. The molecule has 0 saturated heterocycles. The fourth-order valence-corrected chi connectivity index (χ4v) is 3.93. The van der Waals surface area contributed by atoms with Gasteiger partial charge in [-0.05, 0) is 62.6 Å². The van der Waals surface area contributed by atoms with Crippen molar-refractivity contribution in [2.75, 3.05) is 6.54 Å². The van der Waals surface area contributed by atoms with Gasteiger partial charge in [0.2, 0.25) is 0 Å². The van der Waals surface area contributed by atoms with Crippen LogP contribution in [0.5, 0.6) is 0 Å². The van der Waals surface area contributed by atoms with E-state index in [2.05, 4.69) is 51.2 Å². The van der Waals surface area contributed by atoms with Crippen LogP contribution in [0, 0.1) is 25.7 Å². The molecule has 1 aliphatic carbocycles. The van der Waals surface area contributed by atoms with E-state index in [1.165, 1.54) is 55.2 Å². The summed E-state index contributed by atoms with van der Waals surface area (Å²) >= 11 is 0. The third-order valence-corrected chi connectivity index (χ3v) is 5.31. The van der Waals surface area contributed by atoms with Crippen LogP contribution < -0.4 is 5.32 Å². The van der Waals surface area contributed by atoms with E-state index in [1.54, 1.807) is 0 Å². The molecule has 1 N–H and O–H groups in total. The summed E-state index contributed by atoms with van der Waals surface area (Å²) in [7, 11) is 0. The Morgan fingerprint density at radius 3 is 2.38 bits per heavy atom. The lowest BCUT2D eigenvalue weighted by Crippen LogP contribution is -2.32. The van der Waals surface area contributed by atoms with Crippen LogP contribution in [0.25, 0.3) is 0 Å². The molecule has 1 saturated carbocycles. The first-order valence-electron chi connectivity index (χ1n) is 8.96. The van der Waals surface area contributed by atoms with Crippen molar-refractivity contribution in [2.45, 2.75) is 72.3 Å². The molecule has 0 aliphatic heterocycles. The topological polar surface area (TPSA) is 12.0 Å². The summed E-state index contributed by atoms with van der Waals surface area (Å²) < 4.78 is 0. The van der Waals surface area contributed by atoms with Gasteiger partial charge in [-0.3, -0.25) is 0 Å². The maximum Gasteiger partial charge on any atom is 0.0351 e. The average Bonchev–Trinajstić information content (AvgIpc) is 2.50. The van der Waals surface area contributed by atoms with Crippen LogP contribution in [0.2, 0.25) is 0 Å². The predicted octanol–water partition coefficient (Wildman–Crippen LogP) is 5.56. The van der Waals surface area contributed by atoms with Crippen molar-refractivity contribution < 1.29 is 0 Å². The largest absolute Gasteiger partial charge is 0.310 e. The van der Waals surface area contributed by atoms with Gasteiger partial charge in [0, 0.05) is 6.04 Å². The number of hydrogen-bond acceptors (Lipinski definition) is 1. The van der Waals surface area contributed by atoms with E-state index in [-0.39, 0.29) is 0 Å². The van der Waals surface area contributed by atoms with Gasteiger partial charge in [-0.1, -0.05) is 56.9 Å². The first-order chi connectivity index (χ1) is 10.2. The summed E-state index contributed by atoms with van der Waals surface area (Å²) in [4.78, 5) is 0. The molecule has 0 aromatic heterocycles. The summed E-state index contributed by atoms with van der Waals surface area (Å²) in [6.45, 7) is 10.2. The second kappa shape index (κ2) is 7.98. The van der Waals surface area contributed by atoms with Gasteiger partial charge in [0.25, 0.3) is 0 Å². The Hall–Kier alpha value is -0.820. The lowest BCUT2D eigenvalue weighted by atomic mass is 9.75.